The second kappa shape index (κ2) is 7.76. The predicted molar refractivity (Wildman–Crippen MR) is 104 cm³/mol. The van der Waals surface area contributed by atoms with Crippen molar-refractivity contribution < 1.29 is 9.00 Å². The van der Waals surface area contributed by atoms with Gasteiger partial charge in [-0.25, -0.2) is 8.51 Å². The standard InChI is InChI=1S/C19H28N4O2S/c1-15-13-21(11-7-20-15)14-19(24)23-10-6-16-4-5-17(12-18(16)23)26(25)22-8-2-3-9-22/h4-5,12,15,20H,2-3,6-11,13-14H2,1H3/t15-,26?/m1/s1. The van der Waals surface area contributed by atoms with Crippen LogP contribution in [0.25, 0.3) is 0 Å². The third kappa shape index (κ3) is 3.71. The Morgan fingerprint density at radius 2 is 2.04 bits per heavy atom. The summed E-state index contributed by atoms with van der Waals surface area (Å²) in [6.07, 6.45) is 3.12. The molecule has 2 saturated heterocycles. The molecule has 3 heterocycles. The molecule has 0 aromatic heterocycles. The molecule has 3 aliphatic heterocycles. The molecule has 1 aromatic carbocycles. The molecule has 1 aromatic rings. The lowest BCUT2D eigenvalue weighted by molar-refractivity contribution is -0.119. The third-order valence-corrected chi connectivity index (χ3v) is 7.06. The van der Waals surface area contributed by atoms with Gasteiger partial charge in [0.1, 0.15) is 11.0 Å². The zero-order valence-electron chi connectivity index (χ0n) is 15.4. The van der Waals surface area contributed by atoms with Gasteiger partial charge >= 0.3 is 0 Å². The van der Waals surface area contributed by atoms with Gasteiger partial charge in [-0.3, -0.25) is 9.69 Å². The summed E-state index contributed by atoms with van der Waals surface area (Å²) >= 11 is 0. The molecule has 142 valence electrons. The van der Waals surface area contributed by atoms with Crippen molar-refractivity contribution in [3.63, 3.8) is 0 Å². The van der Waals surface area contributed by atoms with Gasteiger partial charge in [0.05, 0.1) is 11.4 Å². The maximum absolute atomic E-state index is 12.9. The van der Waals surface area contributed by atoms with Gasteiger partial charge in [0.15, 0.2) is 0 Å². The van der Waals surface area contributed by atoms with E-state index in [-0.39, 0.29) is 5.91 Å². The highest BCUT2D eigenvalue weighted by Gasteiger charge is 2.29. The summed E-state index contributed by atoms with van der Waals surface area (Å²) in [4.78, 5) is 17.8. The number of anilines is 1. The van der Waals surface area contributed by atoms with Crippen LogP contribution in [0.15, 0.2) is 23.1 Å². The molecule has 1 unspecified atom stereocenters. The van der Waals surface area contributed by atoms with Gasteiger partial charge in [-0.05, 0) is 43.9 Å². The van der Waals surface area contributed by atoms with Gasteiger partial charge < -0.3 is 10.2 Å². The van der Waals surface area contributed by atoms with Crippen LogP contribution < -0.4 is 10.2 Å². The zero-order chi connectivity index (χ0) is 18.1. The summed E-state index contributed by atoms with van der Waals surface area (Å²) in [7, 11) is -1.11. The molecule has 3 aliphatic rings. The average Bonchev–Trinajstić information content (AvgIpc) is 3.30. The smallest absolute Gasteiger partial charge is 0.241 e. The van der Waals surface area contributed by atoms with Crippen LogP contribution in [0.1, 0.15) is 25.3 Å². The van der Waals surface area contributed by atoms with Gasteiger partial charge in [-0.15, -0.1) is 0 Å². The number of piperazine rings is 1. The van der Waals surface area contributed by atoms with Crippen molar-refractivity contribution in [2.75, 3.05) is 50.7 Å². The van der Waals surface area contributed by atoms with Crippen molar-refractivity contribution in [1.82, 2.24) is 14.5 Å². The molecule has 6 nitrogen and oxygen atoms in total. The summed E-state index contributed by atoms with van der Waals surface area (Å²) in [5, 5.41) is 3.41. The van der Waals surface area contributed by atoms with E-state index in [4.69, 9.17) is 0 Å². The number of hydrogen-bond acceptors (Lipinski definition) is 4. The summed E-state index contributed by atoms with van der Waals surface area (Å²) in [5.41, 5.74) is 2.15. The van der Waals surface area contributed by atoms with Crippen LogP contribution in [-0.4, -0.2) is 71.2 Å². The number of carbonyl (C=O) groups is 1. The predicted octanol–water partition coefficient (Wildman–Crippen LogP) is 0.988. The number of hydrogen-bond donors (Lipinski definition) is 1. The number of amides is 1. The molecule has 1 N–H and O–H groups in total. The lowest BCUT2D eigenvalue weighted by Gasteiger charge is -2.32. The number of nitrogens with zero attached hydrogens (tertiary/aromatic N) is 3. The first-order valence-corrected chi connectivity index (χ1v) is 10.8. The Labute approximate surface area is 158 Å². The number of nitrogens with one attached hydrogen (secondary N) is 1. The maximum Gasteiger partial charge on any atom is 0.241 e. The van der Waals surface area contributed by atoms with E-state index in [1.165, 1.54) is 5.56 Å². The number of rotatable bonds is 4. The molecular formula is C19H28N4O2S. The normalized spacial score (nSPS) is 25.4. The van der Waals surface area contributed by atoms with Crippen LogP contribution in [0.3, 0.4) is 0 Å². The Morgan fingerprint density at radius 1 is 1.23 bits per heavy atom. The first-order valence-electron chi connectivity index (χ1n) is 9.68. The molecule has 0 aliphatic carbocycles. The first kappa shape index (κ1) is 18.1. The fourth-order valence-corrected chi connectivity index (χ4v) is 5.45. The van der Waals surface area contributed by atoms with Crippen LogP contribution in [0.5, 0.6) is 0 Å². The van der Waals surface area contributed by atoms with E-state index in [0.717, 1.165) is 69.1 Å². The zero-order valence-corrected chi connectivity index (χ0v) is 16.3. The quantitative estimate of drug-likeness (QED) is 0.851. The SMILES string of the molecule is C[C@@H]1CN(CC(=O)N2CCc3ccc(S(=O)N4CCCC4)cc32)CCN1. The summed E-state index contributed by atoms with van der Waals surface area (Å²) in [5.74, 6) is 0.155. The molecule has 7 heteroatoms. The summed E-state index contributed by atoms with van der Waals surface area (Å²) < 4.78 is 14.8. The topological polar surface area (TPSA) is 55.9 Å². The van der Waals surface area contributed by atoms with Crippen LogP contribution in [0, 0.1) is 0 Å². The maximum atomic E-state index is 12.9. The minimum atomic E-state index is -1.11. The van der Waals surface area contributed by atoms with Crippen LogP contribution in [-0.2, 0) is 22.2 Å². The summed E-state index contributed by atoms with van der Waals surface area (Å²) in [6, 6.07) is 6.43. The van der Waals surface area contributed by atoms with Crippen molar-refractivity contribution in [2.45, 2.75) is 37.1 Å². The molecule has 0 bridgehead atoms. The van der Waals surface area contributed by atoms with E-state index < -0.39 is 11.0 Å². The Bertz CT molecular complexity index is 705. The molecule has 0 spiro atoms. The largest absolute Gasteiger partial charge is 0.312 e. The van der Waals surface area contributed by atoms with Gasteiger partial charge in [0.2, 0.25) is 5.91 Å². The van der Waals surface area contributed by atoms with E-state index >= 15 is 0 Å². The van der Waals surface area contributed by atoms with Crippen molar-refractivity contribution in [1.29, 1.82) is 0 Å². The van der Waals surface area contributed by atoms with Gasteiger partial charge in [0, 0.05) is 51.0 Å². The fraction of sp³-hybridized carbons (Fsp3) is 0.632. The Balaban J connectivity index is 1.48. The molecule has 4 rings (SSSR count). The van der Waals surface area contributed by atoms with E-state index in [1.807, 2.05) is 21.3 Å². The molecule has 2 atom stereocenters. The van der Waals surface area contributed by atoms with Crippen molar-refractivity contribution in [3.05, 3.63) is 23.8 Å². The lowest BCUT2D eigenvalue weighted by atomic mass is 10.2. The first-order chi connectivity index (χ1) is 12.6. The van der Waals surface area contributed by atoms with Gasteiger partial charge in [-0.1, -0.05) is 6.07 Å². The van der Waals surface area contributed by atoms with Gasteiger partial charge in [0.25, 0.3) is 0 Å². The minimum Gasteiger partial charge on any atom is -0.312 e. The van der Waals surface area contributed by atoms with E-state index in [1.54, 1.807) is 0 Å². The van der Waals surface area contributed by atoms with E-state index in [0.29, 0.717) is 12.6 Å². The van der Waals surface area contributed by atoms with Crippen LogP contribution in [0.4, 0.5) is 5.69 Å². The molecular weight excluding hydrogens is 348 g/mol. The second-order valence-corrected chi connectivity index (χ2v) is 9.05. The Morgan fingerprint density at radius 3 is 2.81 bits per heavy atom. The monoisotopic (exact) mass is 376 g/mol. The van der Waals surface area contributed by atoms with E-state index in [2.05, 4.69) is 23.2 Å². The molecule has 0 radical (unpaired) electrons. The third-order valence-electron chi connectivity index (χ3n) is 5.57. The summed E-state index contributed by atoms with van der Waals surface area (Å²) in [6.45, 7) is 7.90. The lowest BCUT2D eigenvalue weighted by Crippen LogP contribution is -2.52. The Kier molecular flexibility index (Phi) is 5.40. The van der Waals surface area contributed by atoms with Crippen LogP contribution >= 0.6 is 0 Å². The highest BCUT2D eigenvalue weighted by Crippen LogP contribution is 2.31. The van der Waals surface area contributed by atoms with Crippen molar-refractivity contribution in [3.8, 4) is 0 Å². The molecule has 0 saturated carbocycles. The van der Waals surface area contributed by atoms with E-state index in [9.17, 15) is 9.00 Å². The fourth-order valence-electron chi connectivity index (χ4n) is 4.16. The molecule has 2 fully saturated rings. The van der Waals surface area contributed by atoms with Crippen LogP contribution in [0.2, 0.25) is 0 Å². The molecule has 1 amide bonds. The minimum absolute atomic E-state index is 0.155. The number of benzene rings is 1. The average molecular weight is 377 g/mol. The number of fused-ring (bicyclic) bond motifs is 1. The second-order valence-electron chi connectivity index (χ2n) is 7.56. The van der Waals surface area contributed by atoms with Crippen molar-refractivity contribution in [2.24, 2.45) is 0 Å². The van der Waals surface area contributed by atoms with Gasteiger partial charge in [-0.2, -0.15) is 0 Å². The van der Waals surface area contributed by atoms with Crippen molar-refractivity contribution >= 4 is 22.6 Å². The highest BCUT2D eigenvalue weighted by molar-refractivity contribution is 7.82. The molecule has 26 heavy (non-hydrogen) atoms. The number of carbonyl (C=O) groups excluding carboxylic acids is 1. The Hall–Kier alpha value is -1.28. The highest BCUT2D eigenvalue weighted by atomic mass is 32.2.